The standard InChI is InChI=1S/C16H14BrN3O5S/c1-7(21)6-20-13(24)12(23)10(16(20)14(25)18-15(26)19-16)11(22)8-2-4-9(17)5-3-8/h2-5,7,21-22H,6H2,1H3,(H2,18,19,25,26)/b11-10-. The summed E-state index contributed by atoms with van der Waals surface area (Å²) in [6.45, 7) is 1.11. The van der Waals surface area contributed by atoms with Gasteiger partial charge < -0.3 is 15.5 Å². The summed E-state index contributed by atoms with van der Waals surface area (Å²) in [7, 11) is 0. The molecule has 8 nitrogen and oxygen atoms in total. The second-order valence-electron chi connectivity index (χ2n) is 5.94. The quantitative estimate of drug-likeness (QED) is 0.230. The number of carbonyl (C=O) groups is 3. The fourth-order valence-corrected chi connectivity index (χ4v) is 3.51. The third kappa shape index (κ3) is 2.70. The number of benzene rings is 1. The largest absolute Gasteiger partial charge is 0.507 e. The number of ketones is 1. The summed E-state index contributed by atoms with van der Waals surface area (Å²) < 4.78 is 0.747. The third-order valence-electron chi connectivity index (χ3n) is 4.08. The van der Waals surface area contributed by atoms with E-state index in [9.17, 15) is 24.6 Å². The normalized spacial score (nSPS) is 25.6. The van der Waals surface area contributed by atoms with Crippen LogP contribution in [0.15, 0.2) is 34.3 Å². The lowest BCUT2D eigenvalue weighted by molar-refractivity contribution is -0.145. The van der Waals surface area contributed by atoms with Gasteiger partial charge in [0.25, 0.3) is 17.6 Å². The van der Waals surface area contributed by atoms with E-state index in [1.165, 1.54) is 19.1 Å². The third-order valence-corrected chi connectivity index (χ3v) is 4.82. The number of carbonyl (C=O) groups excluding carboxylic acids is 3. The molecule has 2 aliphatic rings. The number of hydrogen-bond acceptors (Lipinski definition) is 6. The number of nitrogens with one attached hydrogen (secondary N) is 2. The minimum Gasteiger partial charge on any atom is -0.507 e. The summed E-state index contributed by atoms with van der Waals surface area (Å²) in [5.74, 6) is -3.35. The summed E-state index contributed by atoms with van der Waals surface area (Å²) in [4.78, 5) is 38.7. The van der Waals surface area contributed by atoms with Crippen LogP contribution >= 0.6 is 28.1 Å². The molecule has 2 atom stereocenters. The van der Waals surface area contributed by atoms with E-state index in [1.807, 2.05) is 0 Å². The Kier molecular flexibility index (Phi) is 4.59. The van der Waals surface area contributed by atoms with E-state index in [-0.39, 0.29) is 17.2 Å². The van der Waals surface area contributed by atoms with Crippen LogP contribution in [0.2, 0.25) is 0 Å². The monoisotopic (exact) mass is 439 g/mol. The molecule has 0 aliphatic carbocycles. The van der Waals surface area contributed by atoms with Gasteiger partial charge in [-0.25, -0.2) is 0 Å². The maximum atomic E-state index is 12.7. The maximum Gasteiger partial charge on any atom is 0.297 e. The summed E-state index contributed by atoms with van der Waals surface area (Å²) in [5.41, 5.74) is -2.18. The zero-order valence-electron chi connectivity index (χ0n) is 13.4. The van der Waals surface area contributed by atoms with Crippen LogP contribution < -0.4 is 10.6 Å². The molecule has 1 aromatic carbocycles. The van der Waals surface area contributed by atoms with Gasteiger partial charge in [-0.3, -0.25) is 24.6 Å². The highest BCUT2D eigenvalue weighted by molar-refractivity contribution is 9.10. The Morgan fingerprint density at radius 1 is 1.31 bits per heavy atom. The number of thiocarbonyl (C=S) groups is 1. The molecule has 2 heterocycles. The van der Waals surface area contributed by atoms with Gasteiger partial charge in [-0.2, -0.15) is 0 Å². The zero-order chi connectivity index (χ0) is 19.2. The van der Waals surface area contributed by atoms with Gasteiger partial charge in [-0.15, -0.1) is 0 Å². The fraction of sp³-hybridized carbons (Fsp3) is 0.250. The molecule has 2 unspecified atom stereocenters. The average molecular weight is 440 g/mol. The lowest BCUT2D eigenvalue weighted by atomic mass is 9.95. The number of amides is 2. The zero-order valence-corrected chi connectivity index (χ0v) is 15.8. The molecule has 2 aliphatic heterocycles. The van der Waals surface area contributed by atoms with Crippen molar-refractivity contribution in [1.82, 2.24) is 15.5 Å². The van der Waals surface area contributed by atoms with E-state index < -0.39 is 40.7 Å². The second-order valence-corrected chi connectivity index (χ2v) is 7.27. The molecule has 4 N–H and O–H groups in total. The number of rotatable bonds is 3. The Hall–Kier alpha value is -2.30. The van der Waals surface area contributed by atoms with Crippen molar-refractivity contribution in [2.75, 3.05) is 6.54 Å². The van der Waals surface area contributed by atoms with E-state index in [4.69, 9.17) is 12.2 Å². The van der Waals surface area contributed by atoms with Crippen LogP contribution in [0.4, 0.5) is 0 Å². The van der Waals surface area contributed by atoms with Gasteiger partial charge in [0.05, 0.1) is 6.10 Å². The SMILES string of the molecule is CC(O)CN1C(=O)C(=O)/C(=C(/O)c2ccc(Br)cc2)C12NC(=S)NC2=O. The van der Waals surface area contributed by atoms with Crippen molar-refractivity contribution in [3.8, 4) is 0 Å². The molecule has 3 rings (SSSR count). The minimum absolute atomic E-state index is 0.0887. The number of aliphatic hydroxyl groups excluding tert-OH is 2. The highest BCUT2D eigenvalue weighted by Crippen LogP contribution is 2.38. The molecular weight excluding hydrogens is 426 g/mol. The molecule has 1 aromatic rings. The van der Waals surface area contributed by atoms with Crippen LogP contribution in [0.5, 0.6) is 0 Å². The van der Waals surface area contributed by atoms with Crippen molar-refractivity contribution < 1.29 is 24.6 Å². The van der Waals surface area contributed by atoms with E-state index in [1.54, 1.807) is 12.1 Å². The Bertz CT molecular complexity index is 867. The molecule has 2 amide bonds. The topological polar surface area (TPSA) is 119 Å². The number of likely N-dealkylation sites (tertiary alicyclic amines) is 1. The van der Waals surface area contributed by atoms with Crippen LogP contribution in [-0.2, 0) is 14.4 Å². The number of β-amino-alcohol motifs (C(OH)–C–C–N with tert-alkyl or cyclic N) is 1. The Morgan fingerprint density at radius 2 is 1.92 bits per heavy atom. The molecule has 26 heavy (non-hydrogen) atoms. The summed E-state index contributed by atoms with van der Waals surface area (Å²) in [5, 5.41) is 25.3. The summed E-state index contributed by atoms with van der Waals surface area (Å²) in [6, 6.07) is 6.33. The van der Waals surface area contributed by atoms with Crippen molar-refractivity contribution in [1.29, 1.82) is 0 Å². The molecule has 10 heteroatoms. The first-order valence-electron chi connectivity index (χ1n) is 7.56. The summed E-state index contributed by atoms with van der Waals surface area (Å²) >= 11 is 8.22. The van der Waals surface area contributed by atoms with Gasteiger partial charge in [0.15, 0.2) is 5.11 Å². The van der Waals surface area contributed by atoms with Gasteiger partial charge in [-0.05, 0) is 31.3 Å². The van der Waals surface area contributed by atoms with Gasteiger partial charge >= 0.3 is 0 Å². The van der Waals surface area contributed by atoms with E-state index in [0.29, 0.717) is 0 Å². The first-order valence-corrected chi connectivity index (χ1v) is 8.76. The van der Waals surface area contributed by atoms with Crippen molar-refractivity contribution in [3.63, 3.8) is 0 Å². The maximum absolute atomic E-state index is 12.7. The van der Waals surface area contributed by atoms with Crippen molar-refractivity contribution >= 4 is 56.6 Å². The first-order chi connectivity index (χ1) is 12.2. The minimum atomic E-state index is -2.00. The van der Waals surface area contributed by atoms with Gasteiger partial charge in [0.2, 0.25) is 5.66 Å². The molecule has 2 fully saturated rings. The Balaban J connectivity index is 2.25. The van der Waals surface area contributed by atoms with Crippen molar-refractivity contribution in [3.05, 3.63) is 39.9 Å². The number of Topliss-reactive ketones (excluding diaryl/α,β-unsaturated/α-hetero) is 1. The van der Waals surface area contributed by atoms with E-state index in [2.05, 4.69) is 26.6 Å². The number of aliphatic hydroxyl groups is 2. The fourth-order valence-electron chi connectivity index (χ4n) is 3.01. The first kappa shape index (κ1) is 18.5. The average Bonchev–Trinajstić information content (AvgIpc) is 2.96. The highest BCUT2D eigenvalue weighted by atomic mass is 79.9. The van der Waals surface area contributed by atoms with Crippen LogP contribution in [0.25, 0.3) is 5.76 Å². The lowest BCUT2D eigenvalue weighted by Gasteiger charge is -2.33. The van der Waals surface area contributed by atoms with Crippen molar-refractivity contribution in [2.45, 2.75) is 18.7 Å². The molecular formula is C16H14BrN3O5S. The Labute approximate surface area is 162 Å². The number of halogens is 1. The van der Waals surface area contributed by atoms with Gasteiger partial charge in [0, 0.05) is 16.6 Å². The van der Waals surface area contributed by atoms with Gasteiger partial charge in [0.1, 0.15) is 11.3 Å². The summed E-state index contributed by atoms with van der Waals surface area (Å²) in [6.07, 6.45) is -1.01. The number of nitrogens with zero attached hydrogens (tertiary/aromatic N) is 1. The molecule has 0 radical (unpaired) electrons. The molecule has 0 aromatic heterocycles. The van der Waals surface area contributed by atoms with E-state index >= 15 is 0 Å². The van der Waals surface area contributed by atoms with Crippen LogP contribution in [0.1, 0.15) is 12.5 Å². The second kappa shape index (κ2) is 6.45. The van der Waals surface area contributed by atoms with Gasteiger partial charge in [-0.1, -0.05) is 28.1 Å². The molecule has 2 saturated heterocycles. The smallest absolute Gasteiger partial charge is 0.297 e. The van der Waals surface area contributed by atoms with Crippen LogP contribution in [0, 0.1) is 0 Å². The lowest BCUT2D eigenvalue weighted by Crippen LogP contribution is -2.60. The number of hydrogen-bond donors (Lipinski definition) is 4. The Morgan fingerprint density at radius 3 is 2.42 bits per heavy atom. The predicted molar refractivity (Wildman–Crippen MR) is 98.7 cm³/mol. The molecule has 136 valence electrons. The van der Waals surface area contributed by atoms with Crippen LogP contribution in [0.3, 0.4) is 0 Å². The van der Waals surface area contributed by atoms with E-state index in [0.717, 1.165) is 9.37 Å². The van der Waals surface area contributed by atoms with Crippen molar-refractivity contribution in [2.24, 2.45) is 0 Å². The molecule has 0 saturated carbocycles. The molecule has 1 spiro atoms. The van der Waals surface area contributed by atoms with Crippen LogP contribution in [-0.4, -0.2) is 56.1 Å². The highest BCUT2D eigenvalue weighted by Gasteiger charge is 2.64. The molecule has 0 bridgehead atoms. The predicted octanol–water partition coefficient (Wildman–Crippen LogP) is 0.211.